The Labute approximate surface area is 377 Å². The van der Waals surface area contributed by atoms with Crippen LogP contribution in [0.5, 0.6) is 11.5 Å². The number of hydrogen-bond donors (Lipinski definition) is 0. The van der Waals surface area contributed by atoms with Gasteiger partial charge in [-0.1, -0.05) is 202 Å². The Balaban J connectivity index is 1.19. The fraction of sp³-hybridized carbons (Fsp3) is 0.0678. The van der Waals surface area contributed by atoms with Gasteiger partial charge < -0.3 is 4.74 Å². The highest BCUT2D eigenvalue weighted by molar-refractivity contribution is 6.04. The molecule has 13 rings (SSSR count). The van der Waals surface area contributed by atoms with E-state index in [2.05, 4.69) is 172 Å². The van der Waals surface area contributed by atoms with Gasteiger partial charge in [-0.25, -0.2) is 24.9 Å². The highest BCUT2D eigenvalue weighted by Crippen LogP contribution is 2.65. The van der Waals surface area contributed by atoms with Crippen molar-refractivity contribution in [2.45, 2.75) is 24.7 Å². The van der Waals surface area contributed by atoms with E-state index in [-0.39, 0.29) is 5.41 Å². The van der Waals surface area contributed by atoms with Crippen LogP contribution in [0.25, 0.3) is 79.1 Å². The summed E-state index contributed by atoms with van der Waals surface area (Å²) < 4.78 is 6.79. The number of para-hydroxylation sites is 2. The molecule has 0 saturated heterocycles. The molecular formula is C59H39N5O. The lowest BCUT2D eigenvalue weighted by Crippen LogP contribution is -2.32. The molecule has 0 bridgehead atoms. The third-order valence-corrected chi connectivity index (χ3v) is 13.6. The lowest BCUT2D eigenvalue weighted by molar-refractivity contribution is 0.436. The summed E-state index contributed by atoms with van der Waals surface area (Å²) in [4.78, 5) is 26.9. The van der Waals surface area contributed by atoms with E-state index >= 15 is 0 Å². The van der Waals surface area contributed by atoms with Gasteiger partial charge in [0, 0.05) is 49.9 Å². The topological polar surface area (TPSA) is 73.7 Å². The predicted molar refractivity (Wildman–Crippen MR) is 258 cm³/mol. The third kappa shape index (κ3) is 5.37. The number of hydrogen-bond acceptors (Lipinski definition) is 6. The van der Waals surface area contributed by atoms with Gasteiger partial charge in [-0.3, -0.25) is 0 Å². The van der Waals surface area contributed by atoms with Gasteiger partial charge in [0.25, 0.3) is 0 Å². The SMILES string of the molecule is CC1(C)c2ccccc2-c2c(-c3cccc4c3-c3c(-c5nc(-c6ccccc6)nc(-c6ccccc6)n5)cccc3C43c4ccccc4Oc4ccccc43)nc(-c3ccccc3)nc21. The molecule has 6 nitrogen and oxygen atoms in total. The highest BCUT2D eigenvalue weighted by atomic mass is 16.5. The average molecular weight is 834 g/mol. The Morgan fingerprint density at radius 2 is 0.738 bits per heavy atom. The summed E-state index contributed by atoms with van der Waals surface area (Å²) in [5.41, 5.74) is 15.5. The fourth-order valence-corrected chi connectivity index (χ4v) is 10.8. The first-order chi connectivity index (χ1) is 32.0. The predicted octanol–water partition coefficient (Wildman–Crippen LogP) is 13.8. The Hall–Kier alpha value is -8.35. The number of aromatic nitrogens is 5. The summed E-state index contributed by atoms with van der Waals surface area (Å²) in [7, 11) is 0. The van der Waals surface area contributed by atoms with Crippen LogP contribution in [0.2, 0.25) is 0 Å². The van der Waals surface area contributed by atoms with Crippen molar-refractivity contribution in [3.63, 3.8) is 0 Å². The van der Waals surface area contributed by atoms with Crippen LogP contribution >= 0.6 is 0 Å². The molecule has 0 N–H and O–H groups in total. The molecule has 0 saturated carbocycles. The second-order valence-electron chi connectivity index (χ2n) is 17.5. The van der Waals surface area contributed by atoms with Crippen molar-refractivity contribution in [2.75, 3.05) is 0 Å². The lowest BCUT2D eigenvalue weighted by Gasteiger charge is -2.39. The van der Waals surface area contributed by atoms with Crippen molar-refractivity contribution in [2.24, 2.45) is 0 Å². The maximum absolute atomic E-state index is 6.79. The summed E-state index contributed by atoms with van der Waals surface area (Å²) in [5, 5.41) is 0. The van der Waals surface area contributed by atoms with Crippen molar-refractivity contribution in [1.29, 1.82) is 0 Å². The maximum Gasteiger partial charge on any atom is 0.164 e. The average Bonchev–Trinajstić information content (AvgIpc) is 3.80. The van der Waals surface area contributed by atoms with Crippen LogP contribution in [0.4, 0.5) is 0 Å². The van der Waals surface area contributed by atoms with Crippen LogP contribution in [-0.2, 0) is 10.8 Å². The lowest BCUT2D eigenvalue weighted by atomic mass is 9.66. The minimum absolute atomic E-state index is 0.374. The minimum Gasteiger partial charge on any atom is -0.457 e. The van der Waals surface area contributed by atoms with Crippen LogP contribution in [0, 0.1) is 0 Å². The van der Waals surface area contributed by atoms with Gasteiger partial charge in [0.1, 0.15) is 11.5 Å². The van der Waals surface area contributed by atoms with E-state index in [1.54, 1.807) is 0 Å². The molecule has 65 heavy (non-hydrogen) atoms. The number of ether oxygens (including phenoxy) is 1. The molecule has 0 atom stereocenters. The number of fused-ring (bicyclic) bond motifs is 12. The van der Waals surface area contributed by atoms with Crippen molar-refractivity contribution in [1.82, 2.24) is 24.9 Å². The van der Waals surface area contributed by atoms with Crippen LogP contribution in [0.1, 0.15) is 47.4 Å². The summed E-state index contributed by atoms with van der Waals surface area (Å²) in [5.74, 6) is 4.14. The third-order valence-electron chi connectivity index (χ3n) is 13.6. The zero-order valence-corrected chi connectivity index (χ0v) is 35.7. The van der Waals surface area contributed by atoms with Gasteiger partial charge in [-0.2, -0.15) is 0 Å². The molecule has 0 unspecified atom stereocenters. The van der Waals surface area contributed by atoms with E-state index in [1.165, 1.54) is 5.56 Å². The zero-order chi connectivity index (χ0) is 43.3. The second-order valence-corrected chi connectivity index (χ2v) is 17.5. The molecule has 8 aromatic carbocycles. The van der Waals surface area contributed by atoms with Gasteiger partial charge >= 0.3 is 0 Å². The van der Waals surface area contributed by atoms with Crippen LogP contribution in [-0.4, -0.2) is 24.9 Å². The quantitative estimate of drug-likeness (QED) is 0.172. The molecule has 6 heteroatoms. The summed E-state index contributed by atoms with van der Waals surface area (Å²) in [6.45, 7) is 4.57. The van der Waals surface area contributed by atoms with Gasteiger partial charge in [-0.15, -0.1) is 0 Å². The molecule has 10 aromatic rings. The molecule has 1 aliphatic heterocycles. The maximum atomic E-state index is 6.79. The molecule has 2 aliphatic carbocycles. The number of rotatable bonds is 5. The first kappa shape index (κ1) is 37.2. The molecule has 306 valence electrons. The van der Waals surface area contributed by atoms with E-state index < -0.39 is 5.41 Å². The molecule has 1 spiro atoms. The Kier molecular flexibility index (Phi) is 8.06. The van der Waals surface area contributed by atoms with Gasteiger partial charge in [-0.05, 0) is 45.5 Å². The van der Waals surface area contributed by atoms with E-state index in [4.69, 9.17) is 29.7 Å². The van der Waals surface area contributed by atoms with Crippen molar-refractivity contribution in [3.8, 4) is 90.6 Å². The van der Waals surface area contributed by atoms with Gasteiger partial charge in [0.05, 0.1) is 16.8 Å². The van der Waals surface area contributed by atoms with E-state index in [0.29, 0.717) is 23.3 Å². The molecule has 0 radical (unpaired) electrons. The zero-order valence-electron chi connectivity index (χ0n) is 35.7. The van der Waals surface area contributed by atoms with E-state index in [9.17, 15) is 0 Å². The highest BCUT2D eigenvalue weighted by Gasteiger charge is 2.53. The first-order valence-electron chi connectivity index (χ1n) is 22.1. The Morgan fingerprint density at radius 1 is 0.323 bits per heavy atom. The Morgan fingerprint density at radius 3 is 1.31 bits per heavy atom. The molecule has 2 aromatic heterocycles. The Bertz CT molecular complexity index is 3450. The van der Waals surface area contributed by atoms with E-state index in [1.807, 2.05) is 42.5 Å². The van der Waals surface area contributed by atoms with Gasteiger partial charge in [0.15, 0.2) is 23.3 Å². The van der Waals surface area contributed by atoms with Gasteiger partial charge in [0.2, 0.25) is 0 Å². The molecule has 0 fully saturated rings. The van der Waals surface area contributed by atoms with Crippen molar-refractivity contribution in [3.05, 3.63) is 234 Å². The number of benzene rings is 8. The van der Waals surface area contributed by atoms with E-state index in [0.717, 1.165) is 95.2 Å². The van der Waals surface area contributed by atoms with Crippen molar-refractivity contribution < 1.29 is 4.74 Å². The van der Waals surface area contributed by atoms with Crippen molar-refractivity contribution >= 4 is 0 Å². The minimum atomic E-state index is -0.769. The fourth-order valence-electron chi connectivity index (χ4n) is 10.8. The molecular weight excluding hydrogens is 795 g/mol. The summed E-state index contributed by atoms with van der Waals surface area (Å²) >= 11 is 0. The summed E-state index contributed by atoms with van der Waals surface area (Å²) in [6, 6.07) is 69.8. The first-order valence-corrected chi connectivity index (χ1v) is 22.1. The van der Waals surface area contributed by atoms with Crippen LogP contribution in [0.3, 0.4) is 0 Å². The number of nitrogens with zero attached hydrogens (tertiary/aromatic N) is 5. The standard InChI is InChI=1S/C59H39N5O/c1-58(2)42-29-13-12-26-39(42)51-52(60-54(61-53(51)58)36-20-6-3-7-21-36)40-27-18-32-45-49(40)50-41(57-63-55(37-22-8-4-9-23-37)62-56(64-57)38-24-10-5-11-25-38)28-19-33-46(50)59(45)43-30-14-16-34-47(43)65-48-35-17-15-31-44(48)59/h3-35H,1-2H3. The molecule has 0 amide bonds. The van der Waals surface area contributed by atoms with Crippen LogP contribution in [0.15, 0.2) is 200 Å². The molecule has 3 heterocycles. The monoisotopic (exact) mass is 833 g/mol. The van der Waals surface area contributed by atoms with Crippen LogP contribution < -0.4 is 4.74 Å². The smallest absolute Gasteiger partial charge is 0.164 e. The largest absolute Gasteiger partial charge is 0.457 e. The normalized spacial score (nSPS) is 14.1. The molecule has 3 aliphatic rings. The summed E-state index contributed by atoms with van der Waals surface area (Å²) in [6.07, 6.45) is 0. The second kappa shape index (κ2) is 14.1.